The second-order valence-electron chi connectivity index (χ2n) is 7.25. The molecule has 0 radical (unpaired) electrons. The summed E-state index contributed by atoms with van der Waals surface area (Å²) < 4.78 is 28.4. The molecule has 2 aromatic rings. The van der Waals surface area contributed by atoms with Crippen LogP contribution in [0.2, 0.25) is 0 Å². The second kappa shape index (κ2) is 7.72. The lowest BCUT2D eigenvalue weighted by Gasteiger charge is -2.27. The van der Waals surface area contributed by atoms with E-state index in [9.17, 15) is 13.2 Å². The molecule has 27 heavy (non-hydrogen) atoms. The quantitative estimate of drug-likeness (QED) is 0.862. The highest BCUT2D eigenvalue weighted by Crippen LogP contribution is 2.24. The van der Waals surface area contributed by atoms with Crippen LogP contribution in [-0.2, 0) is 10.0 Å². The number of anilines is 1. The summed E-state index contributed by atoms with van der Waals surface area (Å²) in [7, 11) is -3.78. The summed E-state index contributed by atoms with van der Waals surface area (Å²) in [5.74, 6) is -0.0870. The van der Waals surface area contributed by atoms with Crippen molar-refractivity contribution in [2.24, 2.45) is 0 Å². The van der Waals surface area contributed by atoms with E-state index >= 15 is 0 Å². The van der Waals surface area contributed by atoms with Gasteiger partial charge in [-0.3, -0.25) is 9.52 Å². The van der Waals surface area contributed by atoms with Gasteiger partial charge < -0.3 is 4.90 Å². The third kappa shape index (κ3) is 4.33. The molecule has 1 fully saturated rings. The summed E-state index contributed by atoms with van der Waals surface area (Å²) in [6.07, 6.45) is 3.13. The predicted molar refractivity (Wildman–Crippen MR) is 108 cm³/mol. The van der Waals surface area contributed by atoms with E-state index in [4.69, 9.17) is 0 Å². The summed E-state index contributed by atoms with van der Waals surface area (Å²) >= 11 is 0. The molecule has 1 amide bonds. The van der Waals surface area contributed by atoms with Gasteiger partial charge in [-0.05, 0) is 74.9 Å². The van der Waals surface area contributed by atoms with Crippen molar-refractivity contribution < 1.29 is 13.2 Å². The zero-order chi connectivity index (χ0) is 19.6. The van der Waals surface area contributed by atoms with Gasteiger partial charge in [-0.1, -0.05) is 18.2 Å². The van der Waals surface area contributed by atoms with Gasteiger partial charge in [-0.15, -0.1) is 0 Å². The molecule has 1 saturated heterocycles. The Morgan fingerprint density at radius 2 is 1.59 bits per heavy atom. The lowest BCUT2D eigenvalue weighted by Crippen LogP contribution is -2.36. The van der Waals surface area contributed by atoms with Crippen LogP contribution in [-0.4, -0.2) is 32.3 Å². The van der Waals surface area contributed by atoms with Gasteiger partial charge in [0.1, 0.15) is 0 Å². The Kier molecular flexibility index (Phi) is 5.56. The maximum absolute atomic E-state index is 12.9. The van der Waals surface area contributed by atoms with Gasteiger partial charge in [0.25, 0.3) is 15.9 Å². The normalized spacial score (nSPS) is 14.9. The van der Waals surface area contributed by atoms with E-state index in [0.717, 1.165) is 49.0 Å². The van der Waals surface area contributed by atoms with Crippen LogP contribution in [0.4, 0.5) is 5.69 Å². The van der Waals surface area contributed by atoms with E-state index < -0.39 is 10.0 Å². The predicted octanol–water partition coefficient (Wildman–Crippen LogP) is 4.04. The molecule has 3 rings (SSSR count). The number of rotatable bonds is 4. The SMILES string of the molecule is Cc1ccc(C)c(NS(=O)(=O)c2ccc(C)c(C(=O)N3CCCCC3)c2)c1. The summed E-state index contributed by atoms with van der Waals surface area (Å²) in [5, 5.41) is 0. The number of piperidine rings is 1. The smallest absolute Gasteiger partial charge is 0.261 e. The Hall–Kier alpha value is -2.34. The van der Waals surface area contributed by atoms with Crippen LogP contribution in [0.1, 0.15) is 46.3 Å². The van der Waals surface area contributed by atoms with E-state index in [1.165, 1.54) is 6.07 Å². The first-order chi connectivity index (χ1) is 12.8. The molecule has 1 N–H and O–H groups in total. The zero-order valence-corrected chi connectivity index (χ0v) is 16.9. The molecule has 0 spiro atoms. The largest absolute Gasteiger partial charge is 0.339 e. The van der Waals surface area contributed by atoms with Crippen molar-refractivity contribution >= 4 is 21.6 Å². The molecule has 144 valence electrons. The standard InChI is InChI=1S/C21H26N2O3S/c1-15-7-8-17(3)20(13-15)22-27(25,26)18-10-9-16(2)19(14-18)21(24)23-11-5-4-6-12-23/h7-10,13-14,22H,4-6,11-12H2,1-3H3. The molecule has 1 heterocycles. The molecule has 0 aromatic heterocycles. The van der Waals surface area contributed by atoms with Crippen molar-refractivity contribution in [3.05, 3.63) is 58.7 Å². The Balaban J connectivity index is 1.92. The lowest BCUT2D eigenvalue weighted by atomic mass is 10.1. The molecule has 1 aliphatic heterocycles. The van der Waals surface area contributed by atoms with E-state index in [0.29, 0.717) is 11.3 Å². The average Bonchev–Trinajstić information content (AvgIpc) is 2.65. The van der Waals surface area contributed by atoms with Crippen molar-refractivity contribution in [3.8, 4) is 0 Å². The highest BCUT2D eigenvalue weighted by atomic mass is 32.2. The highest BCUT2D eigenvalue weighted by Gasteiger charge is 2.23. The van der Waals surface area contributed by atoms with Gasteiger partial charge in [-0.2, -0.15) is 0 Å². The number of amides is 1. The van der Waals surface area contributed by atoms with E-state index in [1.54, 1.807) is 18.2 Å². The third-order valence-corrected chi connectivity index (χ3v) is 6.39. The molecule has 2 aromatic carbocycles. The van der Waals surface area contributed by atoms with Crippen LogP contribution in [0.15, 0.2) is 41.3 Å². The molecular formula is C21H26N2O3S. The maximum atomic E-state index is 12.9. The van der Waals surface area contributed by atoms with E-state index in [2.05, 4.69) is 4.72 Å². The summed E-state index contributed by atoms with van der Waals surface area (Å²) in [4.78, 5) is 14.8. The fourth-order valence-corrected chi connectivity index (χ4v) is 4.46. The molecule has 0 saturated carbocycles. The zero-order valence-electron chi connectivity index (χ0n) is 16.1. The number of carbonyl (C=O) groups excluding carboxylic acids is 1. The number of benzene rings is 2. The minimum atomic E-state index is -3.78. The van der Waals surface area contributed by atoms with Gasteiger partial charge in [0.15, 0.2) is 0 Å². The molecule has 5 nitrogen and oxygen atoms in total. The van der Waals surface area contributed by atoms with Crippen molar-refractivity contribution in [3.63, 3.8) is 0 Å². The van der Waals surface area contributed by atoms with Crippen LogP contribution in [0.25, 0.3) is 0 Å². The Morgan fingerprint density at radius 3 is 2.30 bits per heavy atom. The first-order valence-corrected chi connectivity index (χ1v) is 10.8. The molecule has 6 heteroatoms. The van der Waals surface area contributed by atoms with Crippen LogP contribution in [0.5, 0.6) is 0 Å². The minimum absolute atomic E-state index is 0.0870. The number of aryl methyl sites for hydroxylation is 3. The number of nitrogens with zero attached hydrogens (tertiary/aromatic N) is 1. The minimum Gasteiger partial charge on any atom is -0.339 e. The van der Waals surface area contributed by atoms with Gasteiger partial charge >= 0.3 is 0 Å². The first kappa shape index (κ1) is 19.4. The third-order valence-electron chi connectivity index (χ3n) is 5.03. The van der Waals surface area contributed by atoms with Crippen molar-refractivity contribution in [1.29, 1.82) is 0 Å². The van der Waals surface area contributed by atoms with Gasteiger partial charge in [0.05, 0.1) is 10.6 Å². The van der Waals surface area contributed by atoms with Crippen molar-refractivity contribution in [2.75, 3.05) is 17.8 Å². The number of sulfonamides is 1. The van der Waals surface area contributed by atoms with Crippen molar-refractivity contribution in [1.82, 2.24) is 4.90 Å². The monoisotopic (exact) mass is 386 g/mol. The fraction of sp³-hybridized carbons (Fsp3) is 0.381. The molecular weight excluding hydrogens is 360 g/mol. The Labute approximate surface area is 161 Å². The summed E-state index contributed by atoms with van der Waals surface area (Å²) in [5.41, 5.74) is 3.63. The Morgan fingerprint density at radius 1 is 0.926 bits per heavy atom. The second-order valence-corrected chi connectivity index (χ2v) is 8.94. The maximum Gasteiger partial charge on any atom is 0.261 e. The van der Waals surface area contributed by atoms with E-state index in [-0.39, 0.29) is 10.8 Å². The molecule has 0 unspecified atom stereocenters. The molecule has 0 bridgehead atoms. The number of likely N-dealkylation sites (tertiary alicyclic amines) is 1. The van der Waals surface area contributed by atoms with Crippen LogP contribution in [0, 0.1) is 20.8 Å². The number of hydrogen-bond acceptors (Lipinski definition) is 3. The first-order valence-electron chi connectivity index (χ1n) is 9.28. The highest BCUT2D eigenvalue weighted by molar-refractivity contribution is 7.92. The molecule has 1 aliphatic rings. The fourth-order valence-electron chi connectivity index (χ4n) is 3.32. The number of hydrogen-bond donors (Lipinski definition) is 1. The number of nitrogens with one attached hydrogen (secondary N) is 1. The van der Waals surface area contributed by atoms with Gasteiger partial charge in [0.2, 0.25) is 0 Å². The Bertz CT molecular complexity index is 961. The van der Waals surface area contributed by atoms with Crippen LogP contribution in [0.3, 0.4) is 0 Å². The summed E-state index contributed by atoms with van der Waals surface area (Å²) in [6.45, 7) is 7.08. The number of carbonyl (C=O) groups is 1. The molecule has 0 atom stereocenters. The average molecular weight is 387 g/mol. The van der Waals surface area contributed by atoms with Crippen molar-refractivity contribution in [2.45, 2.75) is 44.9 Å². The van der Waals surface area contributed by atoms with Crippen LogP contribution >= 0.6 is 0 Å². The van der Waals surface area contributed by atoms with Gasteiger partial charge in [0, 0.05) is 18.7 Å². The molecule has 0 aliphatic carbocycles. The summed E-state index contributed by atoms with van der Waals surface area (Å²) in [6, 6.07) is 10.4. The van der Waals surface area contributed by atoms with Gasteiger partial charge in [-0.25, -0.2) is 8.42 Å². The topological polar surface area (TPSA) is 66.5 Å². The van der Waals surface area contributed by atoms with Crippen LogP contribution < -0.4 is 4.72 Å². The lowest BCUT2D eigenvalue weighted by molar-refractivity contribution is 0.0723. The van der Waals surface area contributed by atoms with E-state index in [1.807, 2.05) is 37.8 Å².